The maximum absolute atomic E-state index is 11.6. The van der Waals surface area contributed by atoms with Crippen LogP contribution in [-0.2, 0) is 0 Å². The molecule has 0 aliphatic rings. The lowest BCUT2D eigenvalue weighted by atomic mass is 10.2. The summed E-state index contributed by atoms with van der Waals surface area (Å²) in [5.74, 6) is -0.911. The average molecular weight is 305 g/mol. The molecule has 0 saturated heterocycles. The van der Waals surface area contributed by atoms with Gasteiger partial charge in [-0.05, 0) is 6.07 Å². The van der Waals surface area contributed by atoms with Crippen LogP contribution in [0.3, 0.4) is 0 Å². The zero-order valence-electron chi connectivity index (χ0n) is 11.1. The quantitative estimate of drug-likeness (QED) is 0.429. The van der Waals surface area contributed by atoms with Gasteiger partial charge >= 0.3 is 5.69 Å². The van der Waals surface area contributed by atoms with Gasteiger partial charge in [-0.25, -0.2) is 9.89 Å². The van der Waals surface area contributed by atoms with Gasteiger partial charge in [-0.3, -0.25) is 15.5 Å². The second-order valence-corrected chi connectivity index (χ2v) is 3.87. The number of methoxy groups -OCH3 is 1. The third-order valence-electron chi connectivity index (χ3n) is 2.44. The van der Waals surface area contributed by atoms with Gasteiger partial charge < -0.3 is 9.84 Å². The Labute approximate surface area is 122 Å². The van der Waals surface area contributed by atoms with E-state index in [2.05, 4.69) is 25.7 Å². The molecule has 2 aromatic rings. The summed E-state index contributed by atoms with van der Waals surface area (Å²) >= 11 is 0. The third kappa shape index (κ3) is 3.33. The lowest BCUT2D eigenvalue weighted by Crippen LogP contribution is -2.13. The minimum Gasteiger partial charge on any atom is -0.865 e. The zero-order chi connectivity index (χ0) is 16.1. The fraction of sp³-hybridized carbons (Fsp3) is 0.0909. The Morgan fingerprint density at radius 1 is 1.50 bits per heavy atom. The summed E-state index contributed by atoms with van der Waals surface area (Å²) in [6.07, 6.45) is 2.43. The van der Waals surface area contributed by atoms with E-state index in [9.17, 15) is 20.0 Å². The first-order valence-electron chi connectivity index (χ1n) is 5.75. The van der Waals surface area contributed by atoms with Crippen LogP contribution < -0.4 is 21.0 Å². The van der Waals surface area contributed by atoms with Gasteiger partial charge in [0.2, 0.25) is 0 Å². The number of hydrazone groups is 1. The van der Waals surface area contributed by atoms with Crippen molar-refractivity contribution in [2.45, 2.75) is 0 Å². The van der Waals surface area contributed by atoms with Crippen LogP contribution in [0.5, 0.6) is 11.5 Å². The molecule has 0 aliphatic heterocycles. The summed E-state index contributed by atoms with van der Waals surface area (Å²) in [5.41, 5.74) is 1.39. The highest BCUT2D eigenvalue weighted by atomic mass is 16.6. The van der Waals surface area contributed by atoms with Crippen molar-refractivity contribution >= 4 is 17.7 Å². The summed E-state index contributed by atoms with van der Waals surface area (Å²) in [5, 5.41) is 31.8. The van der Waals surface area contributed by atoms with Crippen molar-refractivity contribution in [2.75, 3.05) is 12.5 Å². The van der Waals surface area contributed by atoms with E-state index in [0.29, 0.717) is 0 Å². The highest BCUT2D eigenvalue weighted by Crippen LogP contribution is 2.33. The molecule has 0 spiro atoms. The second-order valence-electron chi connectivity index (χ2n) is 3.87. The van der Waals surface area contributed by atoms with Gasteiger partial charge in [-0.15, -0.1) is 0 Å². The summed E-state index contributed by atoms with van der Waals surface area (Å²) in [6.45, 7) is 0. The van der Waals surface area contributed by atoms with E-state index >= 15 is 0 Å². The number of ether oxygens (including phenoxy) is 1. The average Bonchev–Trinajstić information content (AvgIpc) is 2.48. The summed E-state index contributed by atoms with van der Waals surface area (Å²) in [7, 11) is 1.23. The molecule has 114 valence electrons. The Balaban J connectivity index is 2.25. The maximum atomic E-state index is 11.6. The molecular formula is C11H9N6O5-. The van der Waals surface area contributed by atoms with E-state index in [0.717, 1.165) is 6.07 Å². The molecule has 11 nitrogen and oxygen atoms in total. The number of rotatable bonds is 5. The Morgan fingerprint density at radius 3 is 2.91 bits per heavy atom. The summed E-state index contributed by atoms with van der Waals surface area (Å²) in [4.78, 5) is 24.4. The standard InChI is InChI=1S/C11H10N6O5/c1-22-8-3-6(2-7(10(8)18)17(20)21)4-12-15-9-5-13-16-11(19)14-9/h2-5,18H,1H3,(H2,14,15,16,19)/p-1/b12-4+. The molecule has 2 rings (SSSR count). The van der Waals surface area contributed by atoms with E-state index in [1.165, 1.54) is 25.6 Å². The first-order valence-corrected chi connectivity index (χ1v) is 5.75. The van der Waals surface area contributed by atoms with Gasteiger partial charge in [-0.2, -0.15) is 15.2 Å². The summed E-state index contributed by atoms with van der Waals surface area (Å²) in [6, 6.07) is 2.35. The monoisotopic (exact) mass is 305 g/mol. The fourth-order valence-corrected chi connectivity index (χ4v) is 1.51. The van der Waals surface area contributed by atoms with E-state index in [1.807, 2.05) is 0 Å². The van der Waals surface area contributed by atoms with Crippen LogP contribution in [0.15, 0.2) is 28.2 Å². The molecule has 0 amide bonds. The molecule has 0 bridgehead atoms. The predicted octanol–water partition coefficient (Wildman–Crippen LogP) is -0.399. The first-order chi connectivity index (χ1) is 10.5. The molecule has 1 aromatic heterocycles. The molecule has 0 fully saturated rings. The van der Waals surface area contributed by atoms with E-state index in [4.69, 9.17) is 4.74 Å². The number of nitro benzene ring substituents is 1. The van der Waals surface area contributed by atoms with Gasteiger partial charge in [0.1, 0.15) is 5.75 Å². The number of aromatic amines is 1. The van der Waals surface area contributed by atoms with Gasteiger partial charge in [0.15, 0.2) is 5.82 Å². The lowest BCUT2D eigenvalue weighted by molar-refractivity contribution is -0.398. The highest BCUT2D eigenvalue weighted by Gasteiger charge is 2.12. The third-order valence-corrected chi connectivity index (χ3v) is 2.44. The molecule has 0 aliphatic carbocycles. The van der Waals surface area contributed by atoms with Crippen molar-refractivity contribution in [3.05, 3.63) is 44.5 Å². The maximum Gasteiger partial charge on any atom is 0.363 e. The fourth-order valence-electron chi connectivity index (χ4n) is 1.51. The normalized spacial score (nSPS) is 10.6. The number of H-pyrrole nitrogens is 1. The van der Waals surface area contributed by atoms with Crippen molar-refractivity contribution in [1.29, 1.82) is 0 Å². The van der Waals surface area contributed by atoms with Crippen LogP contribution in [0.1, 0.15) is 5.56 Å². The molecule has 22 heavy (non-hydrogen) atoms. The molecule has 0 radical (unpaired) electrons. The largest absolute Gasteiger partial charge is 0.865 e. The first kappa shape index (κ1) is 14.9. The van der Waals surface area contributed by atoms with Crippen molar-refractivity contribution in [3.63, 3.8) is 0 Å². The van der Waals surface area contributed by atoms with Gasteiger partial charge in [-0.1, -0.05) is 0 Å². The van der Waals surface area contributed by atoms with Crippen molar-refractivity contribution in [1.82, 2.24) is 15.2 Å². The lowest BCUT2D eigenvalue weighted by Gasteiger charge is -2.12. The summed E-state index contributed by atoms with van der Waals surface area (Å²) < 4.78 is 4.79. The molecule has 0 atom stereocenters. The number of hydrogen-bond donors (Lipinski definition) is 2. The Kier molecular flexibility index (Phi) is 4.27. The molecule has 11 heteroatoms. The minimum absolute atomic E-state index is 0.0851. The number of benzene rings is 1. The van der Waals surface area contributed by atoms with Crippen LogP contribution in [0, 0.1) is 10.1 Å². The van der Waals surface area contributed by atoms with E-state index in [1.54, 1.807) is 0 Å². The van der Waals surface area contributed by atoms with Crippen LogP contribution in [-0.4, -0.2) is 33.4 Å². The van der Waals surface area contributed by atoms with Crippen LogP contribution in [0.25, 0.3) is 0 Å². The second kappa shape index (κ2) is 6.30. The van der Waals surface area contributed by atoms with Crippen LogP contribution in [0.2, 0.25) is 0 Å². The molecule has 2 N–H and O–H groups in total. The van der Waals surface area contributed by atoms with Gasteiger partial charge in [0, 0.05) is 17.4 Å². The molecule has 1 heterocycles. The Morgan fingerprint density at radius 2 is 2.27 bits per heavy atom. The van der Waals surface area contributed by atoms with Crippen molar-refractivity contribution in [2.24, 2.45) is 5.10 Å². The predicted molar refractivity (Wildman–Crippen MR) is 73.0 cm³/mol. The number of anilines is 1. The van der Waals surface area contributed by atoms with E-state index in [-0.39, 0.29) is 17.1 Å². The van der Waals surface area contributed by atoms with Gasteiger partial charge in [0.05, 0.1) is 24.4 Å². The Hall–Kier alpha value is -3.50. The number of nitrogens with one attached hydrogen (secondary N) is 2. The highest BCUT2D eigenvalue weighted by molar-refractivity contribution is 5.83. The minimum atomic E-state index is -0.821. The van der Waals surface area contributed by atoms with Crippen molar-refractivity contribution < 1.29 is 14.8 Å². The number of nitro groups is 1. The zero-order valence-corrected chi connectivity index (χ0v) is 11.1. The Bertz CT molecular complexity index is 787. The van der Waals surface area contributed by atoms with Crippen LogP contribution >= 0.6 is 0 Å². The molecule has 0 saturated carbocycles. The van der Waals surface area contributed by atoms with Gasteiger partial charge in [0.25, 0.3) is 5.69 Å². The number of hydrogen-bond acceptors (Lipinski definition) is 9. The molecule has 0 unspecified atom stereocenters. The molecular weight excluding hydrogens is 296 g/mol. The number of nitrogens with zero attached hydrogens (tertiary/aromatic N) is 4. The number of aromatic nitrogens is 3. The van der Waals surface area contributed by atoms with Crippen LogP contribution in [0.4, 0.5) is 11.5 Å². The SMILES string of the molecule is COc1cc(/C=N/Nc2cn[nH]c(=O)n2)cc([N+](=O)[O-])c1[O-]. The smallest absolute Gasteiger partial charge is 0.363 e. The van der Waals surface area contributed by atoms with Crippen molar-refractivity contribution in [3.8, 4) is 11.5 Å². The molecule has 1 aromatic carbocycles. The topological polar surface area (TPSA) is 158 Å². The van der Waals surface area contributed by atoms with E-state index < -0.39 is 22.0 Å².